The second-order valence-electron chi connectivity index (χ2n) is 8.04. The van der Waals surface area contributed by atoms with Gasteiger partial charge in [0.25, 0.3) is 0 Å². The second-order valence-corrected chi connectivity index (χ2v) is 8.04. The molecule has 2 N–H and O–H groups in total. The Morgan fingerprint density at radius 3 is 2.70 bits per heavy atom. The number of rotatable bonds is 8. The molecule has 0 radical (unpaired) electrons. The average Bonchev–Trinajstić information content (AvgIpc) is 3.04. The van der Waals surface area contributed by atoms with Gasteiger partial charge in [-0.05, 0) is 49.4 Å². The van der Waals surface area contributed by atoms with E-state index in [1.807, 2.05) is 48.2 Å². The van der Waals surface area contributed by atoms with Crippen molar-refractivity contribution in [2.75, 3.05) is 6.54 Å². The average molecular weight is 408 g/mol. The van der Waals surface area contributed by atoms with E-state index >= 15 is 0 Å². The number of aromatic carboxylic acids is 1. The number of aryl methyl sites for hydroxylation is 2. The molecule has 30 heavy (non-hydrogen) atoms. The minimum atomic E-state index is -0.928. The number of amides is 1. The van der Waals surface area contributed by atoms with Gasteiger partial charge in [-0.2, -0.15) is 0 Å². The fourth-order valence-electron chi connectivity index (χ4n) is 4.02. The van der Waals surface area contributed by atoms with Gasteiger partial charge in [0.1, 0.15) is 0 Å². The largest absolute Gasteiger partial charge is 0.478 e. The summed E-state index contributed by atoms with van der Waals surface area (Å²) in [5.41, 5.74) is 4.30. The minimum Gasteiger partial charge on any atom is -0.478 e. The number of carboxylic acids is 1. The molecule has 5 heteroatoms. The highest BCUT2D eigenvalue weighted by Crippen LogP contribution is 2.21. The first-order valence-corrected chi connectivity index (χ1v) is 10.4. The number of hydrogen-bond donors (Lipinski definition) is 2. The van der Waals surface area contributed by atoms with Crippen LogP contribution in [0.1, 0.15) is 45.5 Å². The van der Waals surface area contributed by atoms with Crippen molar-refractivity contribution in [2.24, 2.45) is 0 Å². The summed E-state index contributed by atoms with van der Waals surface area (Å²) in [5, 5.41) is 19.5. The van der Waals surface area contributed by atoms with E-state index < -0.39 is 12.1 Å². The van der Waals surface area contributed by atoms with Gasteiger partial charge in [-0.15, -0.1) is 0 Å². The van der Waals surface area contributed by atoms with Gasteiger partial charge in [0, 0.05) is 19.4 Å². The molecule has 1 aliphatic heterocycles. The van der Waals surface area contributed by atoms with Crippen molar-refractivity contribution >= 4 is 11.9 Å². The molecule has 0 spiro atoms. The van der Waals surface area contributed by atoms with E-state index in [4.69, 9.17) is 5.11 Å². The van der Waals surface area contributed by atoms with Gasteiger partial charge in [-0.1, -0.05) is 54.1 Å². The van der Waals surface area contributed by atoms with Gasteiger partial charge in [0.15, 0.2) is 0 Å². The van der Waals surface area contributed by atoms with Gasteiger partial charge in [-0.25, -0.2) is 4.79 Å². The van der Waals surface area contributed by atoms with Crippen LogP contribution in [0.2, 0.25) is 0 Å². The van der Waals surface area contributed by atoms with Crippen LogP contribution in [0.5, 0.6) is 0 Å². The zero-order valence-corrected chi connectivity index (χ0v) is 17.5. The fourth-order valence-corrected chi connectivity index (χ4v) is 4.02. The molecule has 0 aromatic heterocycles. The standard InChI is InChI=1S/C25H29NO4/c1-17-4-3-5-20(14-17)16-22(27)9-7-21-8-11-24(28)26(21)13-12-19-6-10-23(25(29)30)18(2)15-19/h3-7,9-10,14-15,21-22,27H,8,11-13,16H2,1-2H3,(H,29,30)/t21?,22-/m1/s1. The lowest BCUT2D eigenvalue weighted by atomic mass is 10.0. The van der Waals surface area contributed by atoms with Gasteiger partial charge in [-0.3, -0.25) is 4.79 Å². The number of carbonyl (C=O) groups excluding carboxylic acids is 1. The summed E-state index contributed by atoms with van der Waals surface area (Å²) in [5.74, 6) is -0.806. The first-order chi connectivity index (χ1) is 14.3. The molecule has 2 atom stereocenters. The third-order valence-electron chi connectivity index (χ3n) is 5.62. The van der Waals surface area contributed by atoms with Crippen molar-refractivity contribution in [2.45, 2.75) is 51.7 Å². The third-order valence-corrected chi connectivity index (χ3v) is 5.62. The Morgan fingerprint density at radius 2 is 2.00 bits per heavy atom. The summed E-state index contributed by atoms with van der Waals surface area (Å²) in [6, 6.07) is 13.4. The molecule has 1 saturated heterocycles. The van der Waals surface area contributed by atoms with Crippen molar-refractivity contribution in [3.8, 4) is 0 Å². The predicted octanol–water partition coefficient (Wildman–Crippen LogP) is 3.69. The Hall–Kier alpha value is -2.92. The van der Waals surface area contributed by atoms with Gasteiger partial charge in [0.05, 0.1) is 17.7 Å². The molecule has 1 amide bonds. The van der Waals surface area contributed by atoms with Crippen LogP contribution in [0.25, 0.3) is 0 Å². The molecule has 1 unspecified atom stereocenters. The Labute approximate surface area is 177 Å². The zero-order chi connectivity index (χ0) is 21.7. The first-order valence-electron chi connectivity index (χ1n) is 10.4. The highest BCUT2D eigenvalue weighted by Gasteiger charge is 2.28. The molecule has 2 aromatic carbocycles. The SMILES string of the molecule is Cc1cccc(C[C@H](O)C=CC2CCC(=O)N2CCc2ccc(C(=O)O)c(C)c2)c1. The topological polar surface area (TPSA) is 77.8 Å². The summed E-state index contributed by atoms with van der Waals surface area (Å²) in [7, 11) is 0. The summed E-state index contributed by atoms with van der Waals surface area (Å²) in [4.78, 5) is 25.4. The Balaban J connectivity index is 1.59. The number of likely N-dealkylation sites (tertiary alicyclic amines) is 1. The molecular formula is C25H29NO4. The van der Waals surface area contributed by atoms with Crippen LogP contribution in [0.15, 0.2) is 54.6 Å². The van der Waals surface area contributed by atoms with Crippen molar-refractivity contribution in [1.82, 2.24) is 4.90 Å². The van der Waals surface area contributed by atoms with Crippen LogP contribution in [-0.4, -0.2) is 45.7 Å². The highest BCUT2D eigenvalue weighted by atomic mass is 16.4. The number of hydrogen-bond acceptors (Lipinski definition) is 3. The van der Waals surface area contributed by atoms with Crippen LogP contribution < -0.4 is 0 Å². The normalized spacial score (nSPS) is 17.6. The molecule has 0 saturated carbocycles. The summed E-state index contributed by atoms with van der Waals surface area (Å²) < 4.78 is 0. The lowest BCUT2D eigenvalue weighted by Crippen LogP contribution is -2.33. The van der Waals surface area contributed by atoms with Gasteiger partial charge < -0.3 is 15.1 Å². The van der Waals surface area contributed by atoms with E-state index in [0.29, 0.717) is 31.4 Å². The molecule has 2 aromatic rings. The Bertz CT molecular complexity index is 950. The third kappa shape index (κ3) is 5.57. The molecule has 1 heterocycles. The molecule has 0 aliphatic carbocycles. The van der Waals surface area contributed by atoms with E-state index in [1.54, 1.807) is 19.1 Å². The Kier molecular flexibility index (Phi) is 7.06. The predicted molar refractivity (Wildman–Crippen MR) is 117 cm³/mol. The van der Waals surface area contributed by atoms with E-state index in [0.717, 1.165) is 23.1 Å². The maximum absolute atomic E-state index is 12.3. The molecule has 3 rings (SSSR count). The summed E-state index contributed by atoms with van der Waals surface area (Å²) in [6.45, 7) is 4.40. The number of aliphatic hydroxyl groups excluding tert-OH is 1. The summed E-state index contributed by atoms with van der Waals surface area (Å²) in [6.07, 6.45) is 5.64. The monoisotopic (exact) mass is 407 g/mol. The maximum Gasteiger partial charge on any atom is 0.335 e. The molecular weight excluding hydrogens is 378 g/mol. The van der Waals surface area contributed by atoms with E-state index in [-0.39, 0.29) is 11.9 Å². The Morgan fingerprint density at radius 1 is 1.20 bits per heavy atom. The van der Waals surface area contributed by atoms with Crippen molar-refractivity contribution in [1.29, 1.82) is 0 Å². The number of aliphatic hydroxyl groups is 1. The number of benzene rings is 2. The minimum absolute atomic E-state index is 0.0101. The zero-order valence-electron chi connectivity index (χ0n) is 17.5. The van der Waals surface area contributed by atoms with Crippen molar-refractivity contribution < 1.29 is 19.8 Å². The maximum atomic E-state index is 12.3. The van der Waals surface area contributed by atoms with Crippen LogP contribution >= 0.6 is 0 Å². The number of nitrogens with zero attached hydrogens (tertiary/aromatic N) is 1. The van der Waals surface area contributed by atoms with E-state index in [2.05, 4.69) is 6.07 Å². The van der Waals surface area contributed by atoms with E-state index in [1.165, 1.54) is 5.56 Å². The smallest absolute Gasteiger partial charge is 0.335 e. The number of carboxylic acid groups (broad SMARTS) is 1. The highest BCUT2D eigenvalue weighted by molar-refractivity contribution is 5.89. The van der Waals surface area contributed by atoms with Crippen LogP contribution in [-0.2, 0) is 17.6 Å². The number of carbonyl (C=O) groups is 2. The van der Waals surface area contributed by atoms with Crippen molar-refractivity contribution in [3.05, 3.63) is 82.4 Å². The van der Waals surface area contributed by atoms with Gasteiger partial charge in [0.2, 0.25) is 5.91 Å². The van der Waals surface area contributed by atoms with Crippen LogP contribution in [0.4, 0.5) is 0 Å². The van der Waals surface area contributed by atoms with Gasteiger partial charge >= 0.3 is 5.97 Å². The molecule has 158 valence electrons. The molecule has 1 aliphatic rings. The molecule has 1 fully saturated rings. The van der Waals surface area contributed by atoms with E-state index in [9.17, 15) is 14.7 Å². The van der Waals surface area contributed by atoms with Crippen LogP contribution in [0, 0.1) is 13.8 Å². The second kappa shape index (κ2) is 9.72. The summed E-state index contributed by atoms with van der Waals surface area (Å²) >= 11 is 0. The lowest BCUT2D eigenvalue weighted by molar-refractivity contribution is -0.128. The quantitative estimate of drug-likeness (QED) is 0.654. The molecule has 5 nitrogen and oxygen atoms in total. The van der Waals surface area contributed by atoms with Crippen LogP contribution in [0.3, 0.4) is 0 Å². The molecule has 0 bridgehead atoms. The fraction of sp³-hybridized carbons (Fsp3) is 0.360. The van der Waals surface area contributed by atoms with Crippen molar-refractivity contribution in [3.63, 3.8) is 0 Å². The lowest BCUT2D eigenvalue weighted by Gasteiger charge is -2.23. The first kappa shape index (κ1) is 21.8.